The lowest BCUT2D eigenvalue weighted by atomic mass is 10.1. The third-order valence-corrected chi connectivity index (χ3v) is 3.92. The zero-order valence-corrected chi connectivity index (χ0v) is 11.6. The van der Waals surface area contributed by atoms with Crippen molar-refractivity contribution in [1.29, 1.82) is 0 Å². The zero-order chi connectivity index (χ0) is 13.6. The van der Waals surface area contributed by atoms with Gasteiger partial charge in [0, 0.05) is 44.5 Å². The van der Waals surface area contributed by atoms with Crippen LogP contribution >= 0.6 is 0 Å². The molecule has 1 aliphatic heterocycles. The van der Waals surface area contributed by atoms with E-state index in [-0.39, 0.29) is 5.76 Å². The van der Waals surface area contributed by atoms with Gasteiger partial charge in [0.05, 0.1) is 5.52 Å². The number of hydrogen-bond donors (Lipinski definition) is 1. The molecule has 102 valence electrons. The van der Waals surface area contributed by atoms with Crippen molar-refractivity contribution in [3.63, 3.8) is 0 Å². The fraction of sp³-hybridized carbons (Fsp3) is 0.500. The number of piperazine rings is 1. The van der Waals surface area contributed by atoms with Crippen LogP contribution in [0.25, 0.3) is 11.1 Å². The Hall–Kier alpha value is -1.75. The molecule has 0 unspecified atom stereocenters. The standard InChI is InChI=1S/C14H19N3O2/c1-9-8-11(17-6-4-15-5-7-17)10(2)12-13(9)19-14(18)16(12)3/h8,15H,4-7H2,1-3H3. The molecule has 0 aliphatic carbocycles. The number of oxazole rings is 1. The summed E-state index contributed by atoms with van der Waals surface area (Å²) in [5.74, 6) is -0.293. The number of aromatic nitrogens is 1. The highest BCUT2D eigenvalue weighted by Gasteiger charge is 2.19. The molecule has 0 spiro atoms. The normalized spacial score (nSPS) is 16.3. The van der Waals surface area contributed by atoms with Crippen LogP contribution in [0.4, 0.5) is 5.69 Å². The maximum Gasteiger partial charge on any atom is 0.419 e. The third-order valence-electron chi connectivity index (χ3n) is 3.92. The predicted molar refractivity (Wildman–Crippen MR) is 76.0 cm³/mol. The van der Waals surface area contributed by atoms with E-state index in [9.17, 15) is 4.79 Å². The van der Waals surface area contributed by atoms with Crippen LogP contribution in [0.1, 0.15) is 11.1 Å². The first kappa shape index (κ1) is 12.3. The molecule has 19 heavy (non-hydrogen) atoms. The minimum absolute atomic E-state index is 0.293. The molecule has 1 saturated heterocycles. The molecule has 0 bridgehead atoms. The lowest BCUT2D eigenvalue weighted by Crippen LogP contribution is -2.43. The highest BCUT2D eigenvalue weighted by molar-refractivity contribution is 5.86. The predicted octanol–water partition coefficient (Wildman–Crippen LogP) is 1.16. The summed E-state index contributed by atoms with van der Waals surface area (Å²) in [6.45, 7) is 8.06. The quantitative estimate of drug-likeness (QED) is 0.837. The number of rotatable bonds is 1. The molecule has 2 aromatic rings. The highest BCUT2D eigenvalue weighted by atomic mass is 16.4. The summed E-state index contributed by atoms with van der Waals surface area (Å²) in [6, 6.07) is 2.13. The van der Waals surface area contributed by atoms with Gasteiger partial charge in [0.2, 0.25) is 0 Å². The number of nitrogens with one attached hydrogen (secondary N) is 1. The van der Waals surface area contributed by atoms with E-state index in [1.54, 1.807) is 11.6 Å². The first-order valence-corrected chi connectivity index (χ1v) is 6.65. The smallest absolute Gasteiger partial charge is 0.407 e. The molecule has 1 aromatic carbocycles. The summed E-state index contributed by atoms with van der Waals surface area (Å²) in [5.41, 5.74) is 4.98. The van der Waals surface area contributed by atoms with Gasteiger partial charge in [-0.2, -0.15) is 0 Å². The molecule has 2 heterocycles. The molecule has 5 heteroatoms. The highest BCUT2D eigenvalue weighted by Crippen LogP contribution is 2.30. The van der Waals surface area contributed by atoms with E-state index in [1.165, 1.54) is 5.69 Å². The molecular weight excluding hydrogens is 242 g/mol. The van der Waals surface area contributed by atoms with Gasteiger partial charge in [-0.05, 0) is 25.5 Å². The molecule has 5 nitrogen and oxygen atoms in total. The molecule has 0 amide bonds. The first-order chi connectivity index (χ1) is 9.09. The van der Waals surface area contributed by atoms with Gasteiger partial charge >= 0.3 is 5.76 Å². The summed E-state index contributed by atoms with van der Waals surface area (Å²) >= 11 is 0. The molecule has 1 fully saturated rings. The Kier molecular flexibility index (Phi) is 2.86. The molecule has 1 aliphatic rings. The second-order valence-corrected chi connectivity index (χ2v) is 5.18. The molecule has 1 aromatic heterocycles. The fourth-order valence-corrected chi connectivity index (χ4v) is 2.87. The molecule has 3 rings (SSSR count). The Morgan fingerprint density at radius 1 is 1.26 bits per heavy atom. The van der Waals surface area contributed by atoms with Crippen LogP contribution in [0.2, 0.25) is 0 Å². The van der Waals surface area contributed by atoms with Gasteiger partial charge in [0.15, 0.2) is 5.58 Å². The minimum atomic E-state index is -0.293. The van der Waals surface area contributed by atoms with Crippen molar-refractivity contribution in [3.05, 3.63) is 27.7 Å². The van der Waals surface area contributed by atoms with Crippen LogP contribution in [0, 0.1) is 13.8 Å². The molecule has 0 radical (unpaired) electrons. The van der Waals surface area contributed by atoms with E-state index < -0.39 is 0 Å². The third kappa shape index (κ3) is 1.85. The topological polar surface area (TPSA) is 50.4 Å². The van der Waals surface area contributed by atoms with E-state index in [1.807, 2.05) is 6.92 Å². The van der Waals surface area contributed by atoms with E-state index in [0.717, 1.165) is 42.8 Å². The lowest BCUT2D eigenvalue weighted by Gasteiger charge is -2.31. The maximum atomic E-state index is 11.7. The second-order valence-electron chi connectivity index (χ2n) is 5.18. The Bertz CT molecular complexity index is 678. The van der Waals surface area contributed by atoms with Crippen LogP contribution in [0.5, 0.6) is 0 Å². The van der Waals surface area contributed by atoms with Crippen molar-refractivity contribution in [2.75, 3.05) is 31.1 Å². The van der Waals surface area contributed by atoms with Crippen LogP contribution in [0.15, 0.2) is 15.3 Å². The van der Waals surface area contributed by atoms with Crippen molar-refractivity contribution in [2.24, 2.45) is 7.05 Å². The number of anilines is 1. The number of aryl methyl sites for hydroxylation is 3. The molecule has 0 atom stereocenters. The van der Waals surface area contributed by atoms with Crippen LogP contribution in [-0.2, 0) is 7.05 Å². The Balaban J connectivity index is 2.23. The molecule has 0 saturated carbocycles. The van der Waals surface area contributed by atoms with Gasteiger partial charge < -0.3 is 14.6 Å². The van der Waals surface area contributed by atoms with Crippen LogP contribution in [0.3, 0.4) is 0 Å². The first-order valence-electron chi connectivity index (χ1n) is 6.65. The Morgan fingerprint density at radius 2 is 1.95 bits per heavy atom. The summed E-state index contributed by atoms with van der Waals surface area (Å²) < 4.78 is 6.93. The van der Waals surface area contributed by atoms with Crippen molar-refractivity contribution in [2.45, 2.75) is 13.8 Å². The summed E-state index contributed by atoms with van der Waals surface area (Å²) in [6.07, 6.45) is 0. The monoisotopic (exact) mass is 261 g/mol. The number of nitrogens with zero attached hydrogens (tertiary/aromatic N) is 2. The zero-order valence-electron chi connectivity index (χ0n) is 11.6. The van der Waals surface area contributed by atoms with E-state index in [2.05, 4.69) is 23.2 Å². The van der Waals surface area contributed by atoms with Crippen LogP contribution < -0.4 is 16.0 Å². The fourth-order valence-electron chi connectivity index (χ4n) is 2.87. The van der Waals surface area contributed by atoms with Gasteiger partial charge in [0.1, 0.15) is 0 Å². The number of hydrogen-bond acceptors (Lipinski definition) is 4. The average molecular weight is 261 g/mol. The number of benzene rings is 1. The Morgan fingerprint density at radius 3 is 2.63 bits per heavy atom. The maximum absolute atomic E-state index is 11.7. The van der Waals surface area contributed by atoms with Crippen LogP contribution in [-0.4, -0.2) is 30.7 Å². The van der Waals surface area contributed by atoms with Crippen molar-refractivity contribution in [1.82, 2.24) is 9.88 Å². The lowest BCUT2D eigenvalue weighted by molar-refractivity contribution is 0.526. The minimum Gasteiger partial charge on any atom is -0.407 e. The average Bonchev–Trinajstić information content (AvgIpc) is 2.72. The van der Waals surface area contributed by atoms with E-state index in [4.69, 9.17) is 4.42 Å². The SMILES string of the molecule is Cc1cc(N2CCNCC2)c(C)c2c1oc(=O)n2C. The summed E-state index contributed by atoms with van der Waals surface area (Å²) in [4.78, 5) is 14.1. The van der Waals surface area contributed by atoms with Gasteiger partial charge in [-0.1, -0.05) is 0 Å². The summed E-state index contributed by atoms with van der Waals surface area (Å²) in [5, 5.41) is 3.36. The van der Waals surface area contributed by atoms with Gasteiger partial charge in [0.25, 0.3) is 0 Å². The van der Waals surface area contributed by atoms with Crippen molar-refractivity contribution >= 4 is 16.8 Å². The molecular formula is C14H19N3O2. The van der Waals surface area contributed by atoms with Gasteiger partial charge in [-0.15, -0.1) is 0 Å². The second kappa shape index (κ2) is 4.42. The van der Waals surface area contributed by atoms with Crippen molar-refractivity contribution < 1.29 is 4.42 Å². The molecule has 1 N–H and O–H groups in total. The Labute approximate surface area is 111 Å². The largest absolute Gasteiger partial charge is 0.419 e. The van der Waals surface area contributed by atoms with E-state index in [0.29, 0.717) is 5.58 Å². The number of fused-ring (bicyclic) bond motifs is 1. The van der Waals surface area contributed by atoms with Crippen molar-refractivity contribution in [3.8, 4) is 0 Å². The van der Waals surface area contributed by atoms with E-state index >= 15 is 0 Å². The van der Waals surface area contributed by atoms with Gasteiger partial charge in [-0.25, -0.2) is 4.79 Å². The summed E-state index contributed by atoms with van der Waals surface area (Å²) in [7, 11) is 1.77. The van der Waals surface area contributed by atoms with Gasteiger partial charge in [-0.3, -0.25) is 4.57 Å².